The summed E-state index contributed by atoms with van der Waals surface area (Å²) in [6.45, 7) is -0.952. The van der Waals surface area contributed by atoms with Crippen molar-refractivity contribution in [3.8, 4) is 0 Å². The molecule has 0 aromatic carbocycles. The van der Waals surface area contributed by atoms with Crippen molar-refractivity contribution >= 4 is 5.82 Å². The molecular weight excluding hydrogens is 275 g/mol. The van der Waals surface area contributed by atoms with E-state index in [1.807, 2.05) is 0 Å². The van der Waals surface area contributed by atoms with Gasteiger partial charge in [-0.1, -0.05) is 5.11 Å². The molecule has 2 heterocycles. The van der Waals surface area contributed by atoms with Gasteiger partial charge in [0.15, 0.2) is 12.4 Å². The van der Waals surface area contributed by atoms with Crippen LogP contribution < -0.4 is 11.4 Å². The van der Waals surface area contributed by atoms with Gasteiger partial charge in [-0.2, -0.15) is 4.98 Å². The van der Waals surface area contributed by atoms with Gasteiger partial charge >= 0.3 is 5.69 Å². The molecule has 10 nitrogen and oxygen atoms in total. The Hall–Kier alpha value is -2.20. The van der Waals surface area contributed by atoms with E-state index in [1.165, 1.54) is 6.07 Å². The summed E-state index contributed by atoms with van der Waals surface area (Å²) in [7, 11) is 0. The Morgan fingerprint density at radius 1 is 1.75 bits per heavy atom. The quantitative estimate of drug-likeness (QED) is 0.369. The first-order chi connectivity index (χ1) is 9.45. The number of anilines is 1. The highest BCUT2D eigenvalue weighted by Gasteiger charge is 2.56. The van der Waals surface area contributed by atoms with Crippen LogP contribution in [0.25, 0.3) is 10.4 Å². The second-order valence-electron chi connectivity index (χ2n) is 4.13. The number of nitrogens with zero attached hydrogens (tertiary/aromatic N) is 5. The van der Waals surface area contributed by atoms with Gasteiger partial charge < -0.3 is 20.7 Å². The Labute approximate surface area is 110 Å². The predicted molar refractivity (Wildman–Crippen MR) is 62.9 cm³/mol. The van der Waals surface area contributed by atoms with Crippen LogP contribution in [0.4, 0.5) is 10.2 Å². The van der Waals surface area contributed by atoms with Crippen LogP contribution in [0.3, 0.4) is 0 Å². The van der Waals surface area contributed by atoms with Crippen molar-refractivity contribution < 1.29 is 19.3 Å². The van der Waals surface area contributed by atoms with Crippen LogP contribution in [-0.4, -0.2) is 44.4 Å². The molecule has 108 valence electrons. The topological polar surface area (TPSA) is 159 Å². The van der Waals surface area contributed by atoms with Crippen molar-refractivity contribution in [3.05, 3.63) is 33.2 Å². The molecule has 0 amide bonds. The minimum absolute atomic E-state index is 0.0660. The van der Waals surface area contributed by atoms with E-state index < -0.39 is 36.5 Å². The Bertz CT molecular complexity index is 617. The first-order valence-electron chi connectivity index (χ1n) is 5.47. The van der Waals surface area contributed by atoms with Crippen molar-refractivity contribution in [2.45, 2.75) is 24.2 Å². The standard InChI is InChI=1S/C9H11FN6O4/c10-5-6(18)9(3-17,14-15-12)20-7(5)16-2-1-4(11)13-8(16)19/h1-2,5-7,17-18H,3H2,(H2,11,13,19)/t5?,6-,7-,9-/m1/s1. The summed E-state index contributed by atoms with van der Waals surface area (Å²) in [6.07, 6.45) is -4.50. The molecule has 0 spiro atoms. The average Bonchev–Trinajstić information content (AvgIpc) is 2.65. The van der Waals surface area contributed by atoms with Gasteiger partial charge in [-0.05, 0) is 11.6 Å². The number of halogens is 1. The number of hydrogen-bond donors (Lipinski definition) is 3. The van der Waals surface area contributed by atoms with Crippen LogP contribution in [0.5, 0.6) is 0 Å². The number of hydrogen-bond acceptors (Lipinski definition) is 7. The van der Waals surface area contributed by atoms with Crippen molar-refractivity contribution in [1.29, 1.82) is 0 Å². The van der Waals surface area contributed by atoms with Crippen LogP contribution in [0.1, 0.15) is 6.23 Å². The fourth-order valence-electron chi connectivity index (χ4n) is 1.90. The van der Waals surface area contributed by atoms with Crippen molar-refractivity contribution in [2.75, 3.05) is 12.3 Å². The summed E-state index contributed by atoms with van der Waals surface area (Å²) < 4.78 is 19.9. The average molecular weight is 286 g/mol. The first-order valence-corrected chi connectivity index (χ1v) is 5.47. The van der Waals surface area contributed by atoms with E-state index in [-0.39, 0.29) is 5.82 Å². The minimum atomic E-state index is -2.19. The predicted octanol–water partition coefficient (Wildman–Crippen LogP) is -0.948. The summed E-state index contributed by atoms with van der Waals surface area (Å²) >= 11 is 0. The lowest BCUT2D eigenvalue weighted by molar-refractivity contribution is -0.124. The van der Waals surface area contributed by atoms with Gasteiger partial charge in [0.05, 0.1) is 6.61 Å². The number of nitrogen functional groups attached to an aromatic ring is 1. The number of rotatable bonds is 3. The molecule has 0 aliphatic carbocycles. The maximum Gasteiger partial charge on any atom is 0.351 e. The summed E-state index contributed by atoms with van der Waals surface area (Å²) in [6, 6.07) is 1.23. The highest BCUT2D eigenvalue weighted by atomic mass is 19.1. The van der Waals surface area contributed by atoms with Gasteiger partial charge in [0.25, 0.3) is 0 Å². The molecule has 1 saturated heterocycles. The summed E-state index contributed by atoms with van der Waals surface area (Å²) in [5, 5.41) is 22.0. The van der Waals surface area contributed by atoms with Gasteiger partial charge in [-0.15, -0.1) is 0 Å². The molecule has 1 aliphatic heterocycles. The number of nitrogens with two attached hydrogens (primary N) is 1. The lowest BCUT2D eigenvalue weighted by Gasteiger charge is -2.23. The van der Waals surface area contributed by atoms with Crippen molar-refractivity contribution in [3.63, 3.8) is 0 Å². The highest BCUT2D eigenvalue weighted by Crippen LogP contribution is 2.39. The van der Waals surface area contributed by atoms with E-state index in [0.29, 0.717) is 0 Å². The zero-order valence-corrected chi connectivity index (χ0v) is 10.00. The molecule has 1 aromatic rings. The van der Waals surface area contributed by atoms with Crippen LogP contribution in [0, 0.1) is 0 Å². The van der Waals surface area contributed by atoms with Gasteiger partial charge in [-0.25, -0.2) is 9.18 Å². The fraction of sp³-hybridized carbons (Fsp3) is 0.556. The maximum absolute atomic E-state index is 14.1. The van der Waals surface area contributed by atoms with Crippen LogP contribution >= 0.6 is 0 Å². The van der Waals surface area contributed by atoms with E-state index in [9.17, 15) is 19.4 Å². The largest absolute Gasteiger partial charge is 0.393 e. The molecule has 1 aromatic heterocycles. The zero-order valence-electron chi connectivity index (χ0n) is 10.00. The SMILES string of the molecule is [N-]=[N+]=N[C@]1(CO)O[C@@H](n2ccc(N)nc2=O)C(F)[C@H]1O. The number of azide groups is 1. The lowest BCUT2D eigenvalue weighted by Crippen LogP contribution is -2.43. The van der Waals surface area contributed by atoms with Gasteiger partial charge in [0.1, 0.15) is 11.9 Å². The first kappa shape index (κ1) is 14.2. The van der Waals surface area contributed by atoms with E-state index in [0.717, 1.165) is 10.8 Å². The highest BCUT2D eigenvalue weighted by molar-refractivity contribution is 5.23. The lowest BCUT2D eigenvalue weighted by atomic mass is 10.1. The fourth-order valence-corrected chi connectivity index (χ4v) is 1.90. The molecule has 20 heavy (non-hydrogen) atoms. The van der Waals surface area contributed by atoms with Crippen LogP contribution in [0.2, 0.25) is 0 Å². The van der Waals surface area contributed by atoms with E-state index in [4.69, 9.17) is 16.0 Å². The third-order valence-corrected chi connectivity index (χ3v) is 2.93. The summed E-state index contributed by atoms with van der Waals surface area (Å²) in [5.74, 6) is -0.0660. The normalized spacial score (nSPS) is 32.9. The van der Waals surface area contributed by atoms with E-state index >= 15 is 0 Å². The molecule has 0 saturated carbocycles. The van der Waals surface area contributed by atoms with Gasteiger partial charge in [0, 0.05) is 11.1 Å². The molecule has 1 fully saturated rings. The maximum atomic E-state index is 14.1. The summed E-state index contributed by atoms with van der Waals surface area (Å²) in [5.41, 5.74) is 10.6. The van der Waals surface area contributed by atoms with Gasteiger partial charge in [-0.3, -0.25) is 4.57 Å². The zero-order chi connectivity index (χ0) is 14.9. The number of alkyl halides is 1. The smallest absolute Gasteiger partial charge is 0.351 e. The Balaban J connectivity index is 2.45. The molecule has 0 radical (unpaired) electrons. The van der Waals surface area contributed by atoms with E-state index in [2.05, 4.69) is 15.0 Å². The molecule has 1 aliphatic rings. The Morgan fingerprint density at radius 2 is 2.45 bits per heavy atom. The minimum Gasteiger partial charge on any atom is -0.393 e. The third-order valence-electron chi connectivity index (χ3n) is 2.93. The number of aliphatic hydroxyl groups is 2. The molecule has 4 atom stereocenters. The van der Waals surface area contributed by atoms with Crippen LogP contribution in [0.15, 0.2) is 22.2 Å². The Kier molecular flexibility index (Phi) is 3.59. The molecule has 0 bridgehead atoms. The molecule has 4 N–H and O–H groups in total. The third kappa shape index (κ3) is 2.08. The second-order valence-corrected chi connectivity index (χ2v) is 4.13. The van der Waals surface area contributed by atoms with E-state index in [1.54, 1.807) is 0 Å². The molecular formula is C9H11FN6O4. The summed E-state index contributed by atoms with van der Waals surface area (Å²) in [4.78, 5) is 17.4. The Morgan fingerprint density at radius 3 is 3.00 bits per heavy atom. The molecule has 2 rings (SSSR count). The number of ether oxygens (including phenoxy) is 1. The van der Waals surface area contributed by atoms with Crippen LogP contribution in [-0.2, 0) is 4.74 Å². The van der Waals surface area contributed by atoms with Gasteiger partial charge in [0.2, 0.25) is 5.72 Å². The van der Waals surface area contributed by atoms with Crippen molar-refractivity contribution in [2.24, 2.45) is 5.11 Å². The monoisotopic (exact) mass is 286 g/mol. The molecule has 11 heteroatoms. The number of aromatic nitrogens is 2. The molecule has 1 unspecified atom stereocenters. The van der Waals surface area contributed by atoms with Crippen molar-refractivity contribution in [1.82, 2.24) is 9.55 Å². The second kappa shape index (κ2) is 5.06. The number of aliphatic hydroxyl groups excluding tert-OH is 2.